The lowest BCUT2D eigenvalue weighted by molar-refractivity contribution is 0.220. The van der Waals surface area contributed by atoms with Crippen LogP contribution in [-0.4, -0.2) is 56.3 Å². The number of hydrogen-bond acceptors (Lipinski definition) is 3. The van der Waals surface area contributed by atoms with E-state index in [-0.39, 0.29) is 0 Å². The minimum atomic E-state index is -3.24. The highest BCUT2D eigenvalue weighted by molar-refractivity contribution is 7.86. The zero-order chi connectivity index (χ0) is 14.6. The van der Waals surface area contributed by atoms with E-state index in [1.807, 2.05) is 0 Å². The standard InChI is InChI=1S/C14H29N3O2S/c1-3-15-10-14-7-5-9-17(12-14)20(18,19)16-8-4-6-13(2)11-16/h13-15H,3-12H2,1-2H3. The van der Waals surface area contributed by atoms with Gasteiger partial charge >= 0.3 is 0 Å². The summed E-state index contributed by atoms with van der Waals surface area (Å²) < 4.78 is 28.9. The number of nitrogens with one attached hydrogen (secondary N) is 1. The van der Waals surface area contributed by atoms with Crippen molar-refractivity contribution in [1.29, 1.82) is 0 Å². The van der Waals surface area contributed by atoms with Gasteiger partial charge in [0.05, 0.1) is 0 Å². The van der Waals surface area contributed by atoms with Crippen LogP contribution in [0, 0.1) is 11.8 Å². The van der Waals surface area contributed by atoms with E-state index in [0.717, 1.165) is 38.8 Å². The largest absolute Gasteiger partial charge is 0.317 e. The fourth-order valence-corrected chi connectivity index (χ4v) is 5.16. The van der Waals surface area contributed by atoms with Crippen LogP contribution in [0.15, 0.2) is 0 Å². The highest BCUT2D eigenvalue weighted by atomic mass is 32.2. The second-order valence-corrected chi connectivity index (χ2v) is 8.22. The zero-order valence-electron chi connectivity index (χ0n) is 12.8. The van der Waals surface area contributed by atoms with Crippen molar-refractivity contribution in [2.24, 2.45) is 11.8 Å². The van der Waals surface area contributed by atoms with E-state index in [4.69, 9.17) is 0 Å². The summed E-state index contributed by atoms with van der Waals surface area (Å²) in [4.78, 5) is 0. The van der Waals surface area contributed by atoms with Crippen LogP contribution in [0.1, 0.15) is 39.5 Å². The van der Waals surface area contributed by atoms with Crippen molar-refractivity contribution >= 4 is 10.2 Å². The van der Waals surface area contributed by atoms with Gasteiger partial charge < -0.3 is 5.32 Å². The first-order valence-corrected chi connectivity index (χ1v) is 9.39. The molecular weight excluding hydrogens is 274 g/mol. The van der Waals surface area contributed by atoms with Crippen molar-refractivity contribution < 1.29 is 8.42 Å². The summed E-state index contributed by atoms with van der Waals surface area (Å²) in [6, 6.07) is 0. The fourth-order valence-electron chi connectivity index (χ4n) is 3.27. The molecule has 0 aliphatic carbocycles. The molecule has 2 heterocycles. The molecule has 0 saturated carbocycles. The summed E-state index contributed by atoms with van der Waals surface area (Å²) in [5.74, 6) is 0.946. The normalized spacial score (nSPS) is 30.5. The van der Waals surface area contributed by atoms with Crippen LogP contribution in [0.25, 0.3) is 0 Å². The Hall–Kier alpha value is -0.170. The van der Waals surface area contributed by atoms with Crippen LogP contribution in [-0.2, 0) is 10.2 Å². The molecule has 0 radical (unpaired) electrons. The van der Waals surface area contributed by atoms with E-state index in [9.17, 15) is 8.42 Å². The monoisotopic (exact) mass is 303 g/mol. The maximum atomic E-state index is 12.7. The van der Waals surface area contributed by atoms with E-state index in [0.29, 0.717) is 38.0 Å². The quantitative estimate of drug-likeness (QED) is 0.832. The van der Waals surface area contributed by atoms with Crippen molar-refractivity contribution in [3.8, 4) is 0 Å². The van der Waals surface area contributed by atoms with Gasteiger partial charge in [0, 0.05) is 26.2 Å². The average Bonchev–Trinajstić information content (AvgIpc) is 2.45. The molecule has 0 spiro atoms. The van der Waals surface area contributed by atoms with Crippen LogP contribution in [0.4, 0.5) is 0 Å². The Morgan fingerprint density at radius 3 is 2.40 bits per heavy atom. The van der Waals surface area contributed by atoms with Gasteiger partial charge in [-0.05, 0) is 50.6 Å². The molecule has 5 nitrogen and oxygen atoms in total. The molecule has 2 rings (SSSR count). The molecule has 6 heteroatoms. The minimum absolute atomic E-state index is 0.459. The van der Waals surface area contributed by atoms with Crippen molar-refractivity contribution in [2.45, 2.75) is 39.5 Å². The van der Waals surface area contributed by atoms with Crippen molar-refractivity contribution in [3.63, 3.8) is 0 Å². The maximum Gasteiger partial charge on any atom is 0.281 e. The van der Waals surface area contributed by atoms with Gasteiger partial charge in [-0.15, -0.1) is 0 Å². The molecule has 1 N–H and O–H groups in total. The van der Waals surface area contributed by atoms with E-state index in [1.54, 1.807) is 8.61 Å². The molecule has 2 saturated heterocycles. The highest BCUT2D eigenvalue weighted by Gasteiger charge is 2.35. The van der Waals surface area contributed by atoms with Crippen LogP contribution < -0.4 is 5.32 Å². The maximum absolute atomic E-state index is 12.7. The number of hydrogen-bond donors (Lipinski definition) is 1. The summed E-state index contributed by atoms with van der Waals surface area (Å²) in [5.41, 5.74) is 0. The third-order valence-corrected chi connectivity index (χ3v) is 6.41. The van der Waals surface area contributed by atoms with Gasteiger partial charge in [-0.25, -0.2) is 0 Å². The van der Waals surface area contributed by atoms with Gasteiger partial charge in [-0.1, -0.05) is 13.8 Å². The van der Waals surface area contributed by atoms with Gasteiger partial charge in [0.1, 0.15) is 0 Å². The Morgan fingerprint density at radius 2 is 1.75 bits per heavy atom. The molecule has 0 aromatic rings. The molecule has 0 amide bonds. The van der Waals surface area contributed by atoms with Crippen LogP contribution >= 0.6 is 0 Å². The van der Waals surface area contributed by atoms with Gasteiger partial charge in [0.25, 0.3) is 10.2 Å². The van der Waals surface area contributed by atoms with E-state index in [1.165, 1.54) is 0 Å². The number of rotatable bonds is 5. The average molecular weight is 303 g/mol. The molecule has 2 unspecified atom stereocenters. The third kappa shape index (κ3) is 3.93. The Balaban J connectivity index is 1.97. The van der Waals surface area contributed by atoms with Crippen LogP contribution in [0.5, 0.6) is 0 Å². The SMILES string of the molecule is CCNCC1CCCN(S(=O)(=O)N2CCCC(C)C2)C1. The number of piperidine rings is 2. The molecule has 0 bridgehead atoms. The highest BCUT2D eigenvalue weighted by Crippen LogP contribution is 2.24. The number of nitrogens with zero attached hydrogens (tertiary/aromatic N) is 2. The Labute approximate surface area is 123 Å². The predicted octanol–water partition coefficient (Wildman–Crippen LogP) is 1.28. The van der Waals surface area contributed by atoms with Crippen LogP contribution in [0.2, 0.25) is 0 Å². The lowest BCUT2D eigenvalue weighted by atomic mass is 10.00. The second kappa shape index (κ2) is 7.20. The summed E-state index contributed by atoms with van der Waals surface area (Å²) in [7, 11) is -3.24. The van der Waals surface area contributed by atoms with E-state index in [2.05, 4.69) is 19.2 Å². The lowest BCUT2D eigenvalue weighted by Gasteiger charge is -2.38. The summed E-state index contributed by atoms with van der Waals surface area (Å²) >= 11 is 0. The van der Waals surface area contributed by atoms with E-state index >= 15 is 0 Å². The fraction of sp³-hybridized carbons (Fsp3) is 1.00. The van der Waals surface area contributed by atoms with Gasteiger partial charge in [0.15, 0.2) is 0 Å². The topological polar surface area (TPSA) is 52.7 Å². The van der Waals surface area contributed by atoms with Crippen molar-refractivity contribution in [2.75, 3.05) is 39.3 Å². The minimum Gasteiger partial charge on any atom is -0.317 e. The van der Waals surface area contributed by atoms with Gasteiger partial charge in [-0.3, -0.25) is 0 Å². The molecule has 2 aliphatic rings. The molecular formula is C14H29N3O2S. The Bertz CT molecular complexity index is 399. The Morgan fingerprint density at radius 1 is 1.10 bits per heavy atom. The second-order valence-electron chi connectivity index (χ2n) is 6.29. The molecule has 2 atom stereocenters. The molecule has 20 heavy (non-hydrogen) atoms. The molecule has 2 aliphatic heterocycles. The Kier molecular flexibility index (Phi) is 5.84. The smallest absolute Gasteiger partial charge is 0.281 e. The molecule has 0 aromatic carbocycles. The summed E-state index contributed by atoms with van der Waals surface area (Å²) in [5, 5.41) is 3.34. The predicted molar refractivity (Wildman–Crippen MR) is 81.7 cm³/mol. The summed E-state index contributed by atoms with van der Waals surface area (Å²) in [6.07, 6.45) is 4.26. The first-order chi connectivity index (χ1) is 9.54. The molecule has 118 valence electrons. The zero-order valence-corrected chi connectivity index (χ0v) is 13.7. The molecule has 0 aromatic heterocycles. The van der Waals surface area contributed by atoms with Crippen molar-refractivity contribution in [1.82, 2.24) is 13.9 Å². The first-order valence-electron chi connectivity index (χ1n) is 8.00. The van der Waals surface area contributed by atoms with E-state index < -0.39 is 10.2 Å². The van der Waals surface area contributed by atoms with Crippen LogP contribution in [0.3, 0.4) is 0 Å². The lowest BCUT2D eigenvalue weighted by Crippen LogP contribution is -2.51. The van der Waals surface area contributed by atoms with Gasteiger partial charge in [-0.2, -0.15) is 17.0 Å². The van der Waals surface area contributed by atoms with Crippen molar-refractivity contribution in [3.05, 3.63) is 0 Å². The first kappa shape index (κ1) is 16.2. The van der Waals surface area contributed by atoms with Gasteiger partial charge in [0.2, 0.25) is 0 Å². The third-order valence-electron chi connectivity index (χ3n) is 4.44. The summed E-state index contributed by atoms with van der Waals surface area (Å²) in [6.45, 7) is 8.87. The molecule has 2 fully saturated rings.